The van der Waals surface area contributed by atoms with E-state index in [0.717, 1.165) is 12.2 Å². The average Bonchev–Trinajstić information content (AvgIpc) is 2.48. The molecule has 0 radical (unpaired) electrons. The van der Waals surface area contributed by atoms with Gasteiger partial charge in [-0.2, -0.15) is 0 Å². The minimum absolute atomic E-state index is 0.506. The Morgan fingerprint density at radius 2 is 2.36 bits per heavy atom. The number of nitrogens with two attached hydrogens (primary N) is 1. The molecule has 2 nitrogen and oxygen atoms in total. The lowest BCUT2D eigenvalue weighted by atomic mass is 10.1. The van der Waals surface area contributed by atoms with Crippen molar-refractivity contribution in [3.05, 3.63) is 23.7 Å². The zero-order valence-corrected chi connectivity index (χ0v) is 6.97. The van der Waals surface area contributed by atoms with Crippen LogP contribution in [0.5, 0.6) is 0 Å². The Balaban J connectivity index is 2.44. The fourth-order valence-electron chi connectivity index (χ4n) is 1.05. The Morgan fingerprint density at radius 1 is 1.55 bits per heavy atom. The Morgan fingerprint density at radius 3 is 2.91 bits per heavy atom. The molecule has 0 amide bonds. The second-order valence-corrected chi connectivity index (χ2v) is 2.73. The van der Waals surface area contributed by atoms with Crippen molar-refractivity contribution in [3.63, 3.8) is 0 Å². The molecule has 2 heteroatoms. The van der Waals surface area contributed by atoms with Crippen LogP contribution in [0.25, 0.3) is 0 Å². The van der Waals surface area contributed by atoms with E-state index in [-0.39, 0.29) is 0 Å². The molecule has 0 aromatic carbocycles. The first kappa shape index (κ1) is 8.34. The van der Waals surface area contributed by atoms with Gasteiger partial charge in [0.2, 0.25) is 0 Å². The maximum atomic E-state index is 5.40. The van der Waals surface area contributed by atoms with Crippen molar-refractivity contribution in [3.8, 4) is 0 Å². The lowest BCUT2D eigenvalue weighted by molar-refractivity contribution is 0.510. The van der Waals surface area contributed by atoms with Gasteiger partial charge in [-0.15, -0.1) is 0 Å². The summed E-state index contributed by atoms with van der Waals surface area (Å²) >= 11 is 0. The van der Waals surface area contributed by atoms with Crippen LogP contribution < -0.4 is 5.73 Å². The molecule has 1 aromatic heterocycles. The standard InChI is InChI=1S/C9H15NO/c1-2-3-4-8-5-9(6-10)11-7-8/h5,7H,2-4,6,10H2,1H3. The fraction of sp³-hybridized carbons (Fsp3) is 0.556. The largest absolute Gasteiger partial charge is 0.468 e. The van der Waals surface area contributed by atoms with E-state index in [2.05, 4.69) is 6.92 Å². The van der Waals surface area contributed by atoms with Gasteiger partial charge in [-0.1, -0.05) is 13.3 Å². The molecule has 2 N–H and O–H groups in total. The summed E-state index contributed by atoms with van der Waals surface area (Å²) in [5.41, 5.74) is 6.67. The van der Waals surface area contributed by atoms with E-state index in [1.807, 2.05) is 6.07 Å². The normalized spacial score (nSPS) is 10.4. The molecule has 11 heavy (non-hydrogen) atoms. The highest BCUT2D eigenvalue weighted by Crippen LogP contribution is 2.09. The van der Waals surface area contributed by atoms with Crippen LogP contribution in [-0.2, 0) is 13.0 Å². The van der Waals surface area contributed by atoms with Gasteiger partial charge in [-0.3, -0.25) is 0 Å². The summed E-state index contributed by atoms with van der Waals surface area (Å²) in [5, 5.41) is 0. The minimum atomic E-state index is 0.506. The second-order valence-electron chi connectivity index (χ2n) is 2.73. The van der Waals surface area contributed by atoms with Crippen LogP contribution in [0.2, 0.25) is 0 Å². The number of hydrogen-bond acceptors (Lipinski definition) is 2. The van der Waals surface area contributed by atoms with Gasteiger partial charge in [0.1, 0.15) is 5.76 Å². The molecule has 0 spiro atoms. The quantitative estimate of drug-likeness (QED) is 0.719. The van der Waals surface area contributed by atoms with E-state index in [0.29, 0.717) is 6.54 Å². The van der Waals surface area contributed by atoms with Crippen LogP contribution in [0, 0.1) is 0 Å². The SMILES string of the molecule is CCCCc1coc(CN)c1. The third-order valence-corrected chi connectivity index (χ3v) is 1.73. The molecule has 62 valence electrons. The molecule has 0 atom stereocenters. The zero-order valence-electron chi connectivity index (χ0n) is 6.97. The van der Waals surface area contributed by atoms with Gasteiger partial charge < -0.3 is 10.2 Å². The van der Waals surface area contributed by atoms with Crippen molar-refractivity contribution in [1.82, 2.24) is 0 Å². The van der Waals surface area contributed by atoms with Crippen molar-refractivity contribution in [1.29, 1.82) is 0 Å². The number of hydrogen-bond donors (Lipinski definition) is 1. The first-order valence-corrected chi connectivity index (χ1v) is 4.13. The van der Waals surface area contributed by atoms with Gasteiger partial charge in [0.05, 0.1) is 12.8 Å². The van der Waals surface area contributed by atoms with Crippen molar-refractivity contribution < 1.29 is 4.42 Å². The topological polar surface area (TPSA) is 39.2 Å². The minimum Gasteiger partial charge on any atom is -0.468 e. The zero-order chi connectivity index (χ0) is 8.10. The molecule has 0 bridgehead atoms. The molecule has 1 rings (SSSR count). The lowest BCUT2D eigenvalue weighted by Gasteiger charge is -1.90. The highest BCUT2D eigenvalue weighted by atomic mass is 16.3. The molecular formula is C9H15NO. The van der Waals surface area contributed by atoms with Crippen molar-refractivity contribution in [2.45, 2.75) is 32.7 Å². The molecule has 1 aromatic rings. The van der Waals surface area contributed by atoms with Gasteiger partial charge in [-0.05, 0) is 24.5 Å². The molecular weight excluding hydrogens is 138 g/mol. The van der Waals surface area contributed by atoms with Crippen molar-refractivity contribution in [2.24, 2.45) is 5.73 Å². The Hall–Kier alpha value is -0.760. The molecule has 0 aliphatic carbocycles. The highest BCUT2D eigenvalue weighted by molar-refractivity contribution is 5.12. The number of rotatable bonds is 4. The van der Waals surface area contributed by atoms with E-state index in [1.54, 1.807) is 6.26 Å². The van der Waals surface area contributed by atoms with Crippen LogP contribution in [0.3, 0.4) is 0 Å². The van der Waals surface area contributed by atoms with Crippen LogP contribution >= 0.6 is 0 Å². The predicted molar refractivity (Wildman–Crippen MR) is 45.2 cm³/mol. The van der Waals surface area contributed by atoms with Gasteiger partial charge in [0.15, 0.2) is 0 Å². The Labute approximate surface area is 67.4 Å². The van der Waals surface area contributed by atoms with Gasteiger partial charge in [0.25, 0.3) is 0 Å². The third-order valence-electron chi connectivity index (χ3n) is 1.73. The summed E-state index contributed by atoms with van der Waals surface area (Å²) in [6.45, 7) is 2.69. The summed E-state index contributed by atoms with van der Waals surface area (Å²) in [7, 11) is 0. The maximum absolute atomic E-state index is 5.40. The third kappa shape index (κ3) is 2.39. The van der Waals surface area contributed by atoms with Gasteiger partial charge in [-0.25, -0.2) is 0 Å². The first-order chi connectivity index (χ1) is 5.36. The van der Waals surface area contributed by atoms with Crippen LogP contribution in [0.15, 0.2) is 16.7 Å². The molecule has 0 unspecified atom stereocenters. The molecule has 0 aliphatic rings. The van der Waals surface area contributed by atoms with E-state index in [9.17, 15) is 0 Å². The Kier molecular flexibility index (Phi) is 3.17. The summed E-state index contributed by atoms with van der Waals surface area (Å²) in [5.74, 6) is 0.885. The predicted octanol–water partition coefficient (Wildman–Crippen LogP) is 2.08. The second kappa shape index (κ2) is 4.19. The van der Waals surface area contributed by atoms with Gasteiger partial charge in [0, 0.05) is 0 Å². The molecule has 1 heterocycles. The summed E-state index contributed by atoms with van der Waals surface area (Å²) in [6.07, 6.45) is 5.37. The van der Waals surface area contributed by atoms with E-state index in [1.165, 1.54) is 18.4 Å². The van der Waals surface area contributed by atoms with E-state index >= 15 is 0 Å². The molecule has 0 fully saturated rings. The molecule has 0 aliphatic heterocycles. The van der Waals surface area contributed by atoms with E-state index < -0.39 is 0 Å². The highest BCUT2D eigenvalue weighted by Gasteiger charge is 1.98. The number of aryl methyl sites for hydroxylation is 1. The van der Waals surface area contributed by atoms with Gasteiger partial charge >= 0.3 is 0 Å². The summed E-state index contributed by atoms with van der Waals surface area (Å²) < 4.78 is 5.19. The summed E-state index contributed by atoms with van der Waals surface area (Å²) in [4.78, 5) is 0. The van der Waals surface area contributed by atoms with E-state index in [4.69, 9.17) is 10.2 Å². The Bertz CT molecular complexity index is 205. The smallest absolute Gasteiger partial charge is 0.117 e. The summed E-state index contributed by atoms with van der Waals surface area (Å²) in [6, 6.07) is 2.04. The number of unbranched alkanes of at least 4 members (excludes halogenated alkanes) is 1. The fourth-order valence-corrected chi connectivity index (χ4v) is 1.05. The van der Waals surface area contributed by atoms with Crippen LogP contribution in [0.1, 0.15) is 31.1 Å². The number of furan rings is 1. The first-order valence-electron chi connectivity index (χ1n) is 4.13. The van der Waals surface area contributed by atoms with Crippen LogP contribution in [-0.4, -0.2) is 0 Å². The lowest BCUT2D eigenvalue weighted by Crippen LogP contribution is -1.92. The van der Waals surface area contributed by atoms with Crippen LogP contribution in [0.4, 0.5) is 0 Å². The average molecular weight is 153 g/mol. The molecule has 0 saturated carbocycles. The van der Waals surface area contributed by atoms with Crippen molar-refractivity contribution in [2.75, 3.05) is 0 Å². The monoisotopic (exact) mass is 153 g/mol. The van der Waals surface area contributed by atoms with Crippen molar-refractivity contribution >= 4 is 0 Å². The molecule has 0 saturated heterocycles. The maximum Gasteiger partial charge on any atom is 0.117 e.